The zero-order valence-electron chi connectivity index (χ0n) is 16.4. The summed E-state index contributed by atoms with van der Waals surface area (Å²) in [6.45, 7) is 9.17. The maximum absolute atomic E-state index is 11.9. The van der Waals surface area contributed by atoms with E-state index in [1.165, 1.54) is 24.6 Å². The van der Waals surface area contributed by atoms with E-state index in [0.717, 1.165) is 23.9 Å². The summed E-state index contributed by atoms with van der Waals surface area (Å²) >= 11 is 1.50. The van der Waals surface area contributed by atoms with Crippen LogP contribution in [0.4, 0.5) is 0 Å². The molecule has 0 saturated carbocycles. The smallest absolute Gasteiger partial charge is 0.306 e. The minimum Gasteiger partial charge on any atom is -0.465 e. The van der Waals surface area contributed by atoms with Crippen LogP contribution in [0.1, 0.15) is 65.8 Å². The van der Waals surface area contributed by atoms with E-state index < -0.39 is 0 Å². The summed E-state index contributed by atoms with van der Waals surface area (Å²) in [6.07, 6.45) is 8.88. The lowest BCUT2D eigenvalue weighted by molar-refractivity contribution is -0.144. The minimum atomic E-state index is -0.125. The fourth-order valence-electron chi connectivity index (χ4n) is 2.85. The van der Waals surface area contributed by atoms with Crippen LogP contribution in [-0.4, -0.2) is 32.9 Å². The van der Waals surface area contributed by atoms with E-state index in [9.17, 15) is 4.79 Å². The third-order valence-corrected chi connectivity index (χ3v) is 5.43. The van der Waals surface area contributed by atoms with Gasteiger partial charge < -0.3 is 9.30 Å². The molecule has 0 saturated heterocycles. The molecule has 0 radical (unpaired) electrons. The van der Waals surface area contributed by atoms with Crippen molar-refractivity contribution in [1.82, 2.24) is 14.5 Å². The molecule has 2 aromatic heterocycles. The van der Waals surface area contributed by atoms with Crippen LogP contribution in [0.5, 0.6) is 0 Å². The van der Waals surface area contributed by atoms with Gasteiger partial charge in [-0.05, 0) is 32.3 Å². The van der Waals surface area contributed by atoms with Crippen LogP contribution in [0.3, 0.4) is 0 Å². The van der Waals surface area contributed by atoms with Crippen molar-refractivity contribution in [2.24, 2.45) is 5.92 Å². The molecule has 2 rings (SSSR count). The number of fused-ring (bicyclic) bond motifs is 1. The van der Waals surface area contributed by atoms with Gasteiger partial charge in [0.15, 0.2) is 5.16 Å². The van der Waals surface area contributed by atoms with Crippen molar-refractivity contribution in [3.63, 3.8) is 0 Å². The molecule has 2 heterocycles. The number of aromatic nitrogens is 3. The third-order valence-electron chi connectivity index (χ3n) is 4.56. The first-order valence-corrected chi connectivity index (χ1v) is 10.7. The molecule has 0 aliphatic rings. The van der Waals surface area contributed by atoms with Gasteiger partial charge in [-0.1, -0.05) is 44.9 Å². The molecule has 1 atom stereocenters. The summed E-state index contributed by atoms with van der Waals surface area (Å²) in [5.41, 5.74) is 1.99. The first-order valence-electron chi connectivity index (χ1n) is 9.67. The fourth-order valence-corrected chi connectivity index (χ4v) is 3.59. The number of carbonyl (C=O) groups excluding carboxylic acids is 1. The summed E-state index contributed by atoms with van der Waals surface area (Å²) in [5, 5.41) is 0.709. The van der Waals surface area contributed by atoms with Crippen LogP contribution in [0.15, 0.2) is 23.6 Å². The molecule has 0 N–H and O–H groups in total. The predicted molar refractivity (Wildman–Crippen MR) is 108 cm³/mol. The first-order chi connectivity index (χ1) is 12.5. The lowest BCUT2D eigenvalue weighted by Crippen LogP contribution is -2.14. The van der Waals surface area contributed by atoms with Gasteiger partial charge in [-0.2, -0.15) is 0 Å². The molecule has 0 aliphatic heterocycles. The van der Waals surface area contributed by atoms with Crippen molar-refractivity contribution >= 4 is 28.8 Å². The summed E-state index contributed by atoms with van der Waals surface area (Å²) < 4.78 is 7.59. The molecule has 0 aromatic carbocycles. The van der Waals surface area contributed by atoms with Gasteiger partial charge in [-0.25, -0.2) is 9.97 Å². The Morgan fingerprint density at radius 3 is 2.85 bits per heavy atom. The average molecular weight is 378 g/mol. The molecule has 6 heteroatoms. The Morgan fingerprint density at radius 1 is 1.35 bits per heavy atom. The number of hydrogen-bond acceptors (Lipinski definition) is 5. The van der Waals surface area contributed by atoms with E-state index in [2.05, 4.69) is 42.2 Å². The van der Waals surface area contributed by atoms with Gasteiger partial charge >= 0.3 is 5.97 Å². The topological polar surface area (TPSA) is 57.0 Å². The lowest BCUT2D eigenvalue weighted by atomic mass is 10.0. The van der Waals surface area contributed by atoms with Crippen LogP contribution in [0, 0.1) is 5.92 Å². The van der Waals surface area contributed by atoms with Crippen molar-refractivity contribution in [2.45, 2.75) is 71.0 Å². The molecule has 0 bridgehead atoms. The fraction of sp³-hybridized carbons (Fsp3) is 0.650. The monoisotopic (exact) mass is 377 g/mol. The quantitative estimate of drug-likeness (QED) is 0.304. The van der Waals surface area contributed by atoms with Crippen molar-refractivity contribution in [3.05, 3.63) is 18.5 Å². The second-order valence-corrected chi connectivity index (χ2v) is 8.00. The van der Waals surface area contributed by atoms with Crippen molar-refractivity contribution in [2.75, 3.05) is 12.4 Å². The Hall–Kier alpha value is -1.56. The maximum atomic E-state index is 11.9. The van der Waals surface area contributed by atoms with Gasteiger partial charge in [0.1, 0.15) is 0 Å². The standard InChI is InChI=1S/C20H31N3O2S/c1-5-7-8-16(6-2)14-25-19(24)10-12-26-20-21-13-18-17(22-20)9-11-23(18)15(3)4/h9,11,13,15-16H,5-8,10,12,14H2,1-4H3. The van der Waals surface area contributed by atoms with E-state index in [4.69, 9.17) is 4.74 Å². The summed E-state index contributed by atoms with van der Waals surface area (Å²) in [5.74, 6) is 1.00. The van der Waals surface area contributed by atoms with Crippen LogP contribution in [0.25, 0.3) is 11.0 Å². The third kappa shape index (κ3) is 6.01. The molecular formula is C20H31N3O2S. The highest BCUT2D eigenvalue weighted by Crippen LogP contribution is 2.21. The Balaban J connectivity index is 1.76. The molecule has 0 aliphatic carbocycles. The summed E-state index contributed by atoms with van der Waals surface area (Å²) in [6, 6.07) is 2.39. The van der Waals surface area contributed by atoms with Gasteiger partial charge in [0.05, 0.1) is 30.3 Å². The van der Waals surface area contributed by atoms with Crippen LogP contribution >= 0.6 is 11.8 Å². The molecule has 5 nitrogen and oxygen atoms in total. The highest BCUT2D eigenvalue weighted by molar-refractivity contribution is 7.99. The van der Waals surface area contributed by atoms with E-state index in [0.29, 0.717) is 35.9 Å². The molecule has 2 aromatic rings. The Bertz CT molecular complexity index is 699. The van der Waals surface area contributed by atoms with Crippen molar-refractivity contribution < 1.29 is 9.53 Å². The highest BCUT2D eigenvalue weighted by atomic mass is 32.2. The SMILES string of the molecule is CCCCC(CC)COC(=O)CCSc1ncc2c(ccn2C(C)C)n1. The van der Waals surface area contributed by atoms with E-state index in [1.54, 1.807) is 0 Å². The number of ether oxygens (including phenoxy) is 1. The van der Waals surface area contributed by atoms with Gasteiger partial charge in [-0.15, -0.1) is 0 Å². The largest absolute Gasteiger partial charge is 0.465 e. The summed E-state index contributed by atoms with van der Waals surface area (Å²) in [4.78, 5) is 20.9. The number of carbonyl (C=O) groups is 1. The first kappa shape index (κ1) is 20.7. The maximum Gasteiger partial charge on any atom is 0.306 e. The second-order valence-electron chi connectivity index (χ2n) is 6.94. The number of unbranched alkanes of at least 4 members (excludes halogenated alkanes) is 1. The lowest BCUT2D eigenvalue weighted by Gasteiger charge is -2.14. The Labute approximate surface area is 160 Å². The van der Waals surface area contributed by atoms with Crippen LogP contribution in [-0.2, 0) is 9.53 Å². The normalized spacial score (nSPS) is 12.7. The van der Waals surface area contributed by atoms with E-state index in [1.807, 2.05) is 18.5 Å². The van der Waals surface area contributed by atoms with Gasteiger partial charge in [0.25, 0.3) is 0 Å². The number of thioether (sulfide) groups is 1. The van der Waals surface area contributed by atoms with Gasteiger partial charge in [-0.3, -0.25) is 4.79 Å². The van der Waals surface area contributed by atoms with Gasteiger partial charge in [0.2, 0.25) is 0 Å². The molecular weight excluding hydrogens is 346 g/mol. The zero-order valence-corrected chi connectivity index (χ0v) is 17.2. The number of hydrogen-bond donors (Lipinski definition) is 0. The molecule has 144 valence electrons. The zero-order chi connectivity index (χ0) is 18.9. The number of nitrogens with zero attached hydrogens (tertiary/aromatic N) is 3. The molecule has 0 amide bonds. The van der Waals surface area contributed by atoms with Gasteiger partial charge in [0, 0.05) is 18.0 Å². The highest BCUT2D eigenvalue weighted by Gasteiger charge is 2.11. The molecule has 26 heavy (non-hydrogen) atoms. The van der Waals surface area contributed by atoms with Crippen LogP contribution < -0.4 is 0 Å². The second kappa shape index (κ2) is 10.6. The number of rotatable bonds is 11. The Kier molecular flexibility index (Phi) is 8.42. The van der Waals surface area contributed by atoms with E-state index in [-0.39, 0.29) is 5.97 Å². The Morgan fingerprint density at radius 2 is 2.15 bits per heavy atom. The van der Waals surface area contributed by atoms with E-state index >= 15 is 0 Å². The molecule has 0 fully saturated rings. The average Bonchev–Trinajstić information content (AvgIpc) is 3.05. The van der Waals surface area contributed by atoms with Crippen LogP contribution in [0.2, 0.25) is 0 Å². The van der Waals surface area contributed by atoms with Crippen molar-refractivity contribution in [3.8, 4) is 0 Å². The molecule has 1 unspecified atom stereocenters. The van der Waals surface area contributed by atoms with Crippen molar-refractivity contribution in [1.29, 1.82) is 0 Å². The number of esters is 1. The molecule has 0 spiro atoms. The predicted octanol–water partition coefficient (Wildman–Crippen LogP) is 5.25. The summed E-state index contributed by atoms with van der Waals surface area (Å²) in [7, 11) is 0. The minimum absolute atomic E-state index is 0.125.